The number of pyridine rings is 2. The monoisotopic (exact) mass is 691 g/mol. The first-order valence-corrected chi connectivity index (χ1v) is 18.2. The van der Waals surface area contributed by atoms with Gasteiger partial charge in [0.05, 0.1) is 51.0 Å². The molecule has 0 amide bonds. The third-order valence-electron chi connectivity index (χ3n) is 6.87. The van der Waals surface area contributed by atoms with Crippen LogP contribution in [0.1, 0.15) is 58.0 Å². The summed E-state index contributed by atoms with van der Waals surface area (Å²) in [6.07, 6.45) is 5.15. The minimum Gasteiger partial charge on any atom is -0.477 e. The van der Waals surface area contributed by atoms with Crippen LogP contribution in [0.4, 0.5) is 0 Å². The summed E-state index contributed by atoms with van der Waals surface area (Å²) in [6, 6.07) is 10.3. The van der Waals surface area contributed by atoms with Crippen LogP contribution in [-0.4, -0.2) is 132 Å². The molecule has 0 radical (unpaired) electrons. The van der Waals surface area contributed by atoms with Crippen LogP contribution >= 0.6 is 23.5 Å². The van der Waals surface area contributed by atoms with Crippen molar-refractivity contribution in [2.75, 3.05) is 89.7 Å². The van der Waals surface area contributed by atoms with Crippen molar-refractivity contribution in [3.05, 3.63) is 59.2 Å². The van der Waals surface area contributed by atoms with Gasteiger partial charge in [0.15, 0.2) is 6.29 Å². The maximum absolute atomic E-state index is 11.4. The maximum atomic E-state index is 11.4. The highest BCUT2D eigenvalue weighted by molar-refractivity contribution is 8.03. The van der Waals surface area contributed by atoms with Gasteiger partial charge in [0.2, 0.25) is 0 Å². The highest BCUT2D eigenvalue weighted by atomic mass is 32.2. The van der Waals surface area contributed by atoms with Crippen LogP contribution in [0.5, 0.6) is 0 Å². The zero-order valence-corrected chi connectivity index (χ0v) is 28.8. The summed E-state index contributed by atoms with van der Waals surface area (Å²) >= 11 is 3.27. The van der Waals surface area contributed by atoms with Crippen LogP contribution in [0.15, 0.2) is 36.4 Å². The average Bonchev–Trinajstić information content (AvgIpc) is 3.08. The molecule has 0 aromatic carbocycles. The van der Waals surface area contributed by atoms with Crippen molar-refractivity contribution in [2.45, 2.75) is 38.8 Å². The molecule has 0 atom stereocenters. The lowest BCUT2D eigenvalue weighted by molar-refractivity contribution is 0.0244. The number of carboxylic acids is 1. The number of aliphatic hydroxyl groups is 1. The molecule has 0 aliphatic rings. The van der Waals surface area contributed by atoms with Gasteiger partial charge in [0.1, 0.15) is 16.8 Å². The second-order valence-corrected chi connectivity index (χ2v) is 12.7. The lowest BCUT2D eigenvalue weighted by Crippen LogP contribution is -2.32. The van der Waals surface area contributed by atoms with Crippen LogP contribution in [0, 0.1) is 10.7 Å². The molecule has 0 fully saturated rings. The fourth-order valence-electron chi connectivity index (χ4n) is 4.45. The van der Waals surface area contributed by atoms with Crippen LogP contribution in [0.3, 0.4) is 0 Å². The number of hydrogen-bond acceptors (Lipinski definition) is 13. The smallest absolute Gasteiger partial charge is 0.354 e. The van der Waals surface area contributed by atoms with Crippen molar-refractivity contribution in [1.29, 1.82) is 5.26 Å². The van der Waals surface area contributed by atoms with Crippen molar-refractivity contribution in [2.24, 2.45) is 0 Å². The van der Waals surface area contributed by atoms with Gasteiger partial charge in [-0.2, -0.15) is 17.0 Å². The standard InChI is InChI=1S/C33H49N5O7S2/c34-28-47-23-3-1-2-22-46-24-6-16-43-17-13-38(26-30-8-5-10-32(36-30)33(41)42)14-19-45-21-20-44-18-12-37(11-15-39)25-29-7-4-9-31(27-40)35-29/h4-5,7-10,27,39H,1-3,6,11-26H2,(H,41,42). The Labute approximate surface area is 287 Å². The summed E-state index contributed by atoms with van der Waals surface area (Å²) in [7, 11) is 0. The predicted octanol–water partition coefficient (Wildman–Crippen LogP) is 3.84. The number of nitriles is 1. The van der Waals surface area contributed by atoms with Crippen LogP contribution < -0.4 is 0 Å². The zero-order chi connectivity index (χ0) is 33.8. The molecule has 0 spiro atoms. The Bertz CT molecular complexity index is 1170. The maximum Gasteiger partial charge on any atom is 0.354 e. The van der Waals surface area contributed by atoms with Crippen molar-refractivity contribution in [3.8, 4) is 5.40 Å². The number of thioether (sulfide) groups is 2. The molecule has 12 nitrogen and oxygen atoms in total. The summed E-state index contributed by atoms with van der Waals surface area (Å²) in [5, 5.41) is 29.4. The van der Waals surface area contributed by atoms with Gasteiger partial charge in [-0.15, -0.1) is 0 Å². The Balaban J connectivity index is 1.65. The number of aldehydes is 1. The Hall–Kier alpha value is -2.61. The van der Waals surface area contributed by atoms with Gasteiger partial charge in [-0.3, -0.25) is 14.6 Å². The largest absolute Gasteiger partial charge is 0.477 e. The molecule has 47 heavy (non-hydrogen) atoms. The first kappa shape index (κ1) is 40.6. The highest BCUT2D eigenvalue weighted by Crippen LogP contribution is 2.10. The van der Waals surface area contributed by atoms with E-state index in [2.05, 4.69) is 20.3 Å². The van der Waals surface area contributed by atoms with Gasteiger partial charge in [-0.25, -0.2) is 14.8 Å². The fraction of sp³-hybridized carbons (Fsp3) is 0.606. The van der Waals surface area contributed by atoms with Gasteiger partial charge >= 0.3 is 5.97 Å². The molecule has 2 N–H and O–H groups in total. The molecule has 0 saturated heterocycles. The summed E-state index contributed by atoms with van der Waals surface area (Å²) in [6.45, 7) is 6.42. The molecule has 0 bridgehead atoms. The quantitative estimate of drug-likeness (QED) is 0.0691. The third kappa shape index (κ3) is 20.4. The minimum absolute atomic E-state index is 0.0129. The number of aromatic nitrogens is 2. The number of aliphatic hydroxyl groups excluding tert-OH is 1. The molecule has 2 rings (SSSR count). The first-order chi connectivity index (χ1) is 23.0. The summed E-state index contributed by atoms with van der Waals surface area (Å²) in [5.74, 6) is 2.06. The van der Waals surface area contributed by atoms with Crippen LogP contribution in [-0.2, 0) is 27.3 Å². The van der Waals surface area contributed by atoms with Crippen molar-refractivity contribution in [1.82, 2.24) is 19.8 Å². The molecule has 2 heterocycles. The van der Waals surface area contributed by atoms with E-state index in [0.29, 0.717) is 90.3 Å². The highest BCUT2D eigenvalue weighted by Gasteiger charge is 2.11. The molecule has 260 valence electrons. The fourth-order valence-corrected chi connectivity index (χ4v) is 5.82. The van der Waals surface area contributed by atoms with Crippen LogP contribution in [0.25, 0.3) is 0 Å². The number of hydrogen-bond donors (Lipinski definition) is 2. The molecular weight excluding hydrogens is 643 g/mol. The van der Waals surface area contributed by atoms with Gasteiger partial charge in [0.25, 0.3) is 0 Å². The number of ether oxygens (including phenoxy) is 3. The van der Waals surface area contributed by atoms with E-state index in [1.165, 1.54) is 24.2 Å². The van der Waals surface area contributed by atoms with Crippen molar-refractivity contribution >= 4 is 35.8 Å². The molecule has 2 aromatic rings. The molecular formula is C33H49N5O7S2. The van der Waals surface area contributed by atoms with Crippen molar-refractivity contribution in [3.63, 3.8) is 0 Å². The van der Waals surface area contributed by atoms with E-state index >= 15 is 0 Å². The number of carbonyl (C=O) groups excluding carboxylic acids is 1. The Morgan fingerprint density at radius 2 is 1.38 bits per heavy atom. The second kappa shape index (κ2) is 27.4. The molecule has 0 saturated carbocycles. The lowest BCUT2D eigenvalue weighted by atomic mass is 10.3. The van der Waals surface area contributed by atoms with E-state index < -0.39 is 5.97 Å². The number of carbonyl (C=O) groups is 2. The molecule has 14 heteroatoms. The molecule has 2 aromatic heterocycles. The van der Waals surface area contributed by atoms with E-state index in [9.17, 15) is 19.8 Å². The number of unbranched alkanes of at least 4 members (excludes halogenated alkanes) is 2. The number of aromatic carboxylic acids is 1. The van der Waals surface area contributed by atoms with E-state index in [4.69, 9.17) is 19.5 Å². The normalized spacial score (nSPS) is 11.3. The zero-order valence-electron chi connectivity index (χ0n) is 27.2. The van der Waals surface area contributed by atoms with E-state index in [1.807, 2.05) is 28.8 Å². The summed E-state index contributed by atoms with van der Waals surface area (Å²) in [4.78, 5) is 35.1. The third-order valence-corrected chi connectivity index (χ3v) is 8.64. The topological polar surface area (TPSA) is 158 Å². The molecule has 0 unspecified atom stereocenters. The lowest BCUT2D eigenvalue weighted by Gasteiger charge is -2.22. The Kier molecular flexibility index (Phi) is 23.6. The van der Waals surface area contributed by atoms with Gasteiger partial charge in [-0.1, -0.05) is 18.6 Å². The van der Waals surface area contributed by atoms with Gasteiger partial charge in [-0.05, 0) is 66.8 Å². The average molecular weight is 692 g/mol. The van der Waals surface area contributed by atoms with Crippen molar-refractivity contribution < 1.29 is 34.0 Å². The Morgan fingerprint density at radius 1 is 0.787 bits per heavy atom. The summed E-state index contributed by atoms with van der Waals surface area (Å²) < 4.78 is 17.5. The predicted molar refractivity (Wildman–Crippen MR) is 185 cm³/mol. The van der Waals surface area contributed by atoms with Gasteiger partial charge < -0.3 is 24.4 Å². The molecule has 0 aliphatic heterocycles. The van der Waals surface area contributed by atoms with Gasteiger partial charge in [0, 0.05) is 51.6 Å². The minimum atomic E-state index is -1.05. The second-order valence-electron chi connectivity index (χ2n) is 10.6. The van der Waals surface area contributed by atoms with E-state index in [-0.39, 0.29) is 12.3 Å². The first-order valence-electron chi connectivity index (χ1n) is 16.0. The molecule has 0 aliphatic carbocycles. The SMILES string of the molecule is N#CSCCCCCSCCCOCCN(CCOCCOCCN(CCO)Cc1cccc(C=O)n1)Cc1cccc(C(=O)O)n1. The van der Waals surface area contributed by atoms with E-state index in [0.717, 1.165) is 48.5 Å². The van der Waals surface area contributed by atoms with Crippen LogP contribution in [0.2, 0.25) is 0 Å². The number of rotatable bonds is 30. The number of nitrogens with zero attached hydrogens (tertiary/aromatic N) is 5. The van der Waals surface area contributed by atoms with E-state index in [1.54, 1.807) is 18.2 Å². The summed E-state index contributed by atoms with van der Waals surface area (Å²) in [5.41, 5.74) is 1.84. The number of thiocyanates is 1. The number of carboxylic acid groups (broad SMARTS) is 1. The Morgan fingerprint density at radius 3 is 2.02 bits per heavy atom.